The molecule has 6 nitrogen and oxygen atoms in total. The van der Waals surface area contributed by atoms with Gasteiger partial charge in [0.2, 0.25) is 0 Å². The molecular formula is C23H17Cl2NO5. The molecule has 1 amide bonds. The Balaban J connectivity index is 1.70. The van der Waals surface area contributed by atoms with Crippen LogP contribution < -0.4 is 10.1 Å². The Morgan fingerprint density at radius 3 is 2.19 bits per heavy atom. The van der Waals surface area contributed by atoms with Crippen molar-refractivity contribution in [1.82, 2.24) is 0 Å². The zero-order valence-corrected chi connectivity index (χ0v) is 17.9. The van der Waals surface area contributed by atoms with Gasteiger partial charge >= 0.3 is 5.97 Å². The molecule has 0 aliphatic rings. The SMILES string of the molecule is COc1ccc(Cl)cc1NC(=O)COC(=O)c1ccccc1C(=O)c1ccc(Cl)cc1. The second-order valence-electron chi connectivity index (χ2n) is 6.35. The third kappa shape index (κ3) is 5.63. The number of halogens is 2. The summed E-state index contributed by atoms with van der Waals surface area (Å²) >= 11 is 11.8. The number of hydrogen-bond acceptors (Lipinski definition) is 5. The fourth-order valence-electron chi connectivity index (χ4n) is 2.79. The summed E-state index contributed by atoms with van der Waals surface area (Å²) in [6, 6.07) is 17.3. The van der Waals surface area contributed by atoms with Gasteiger partial charge in [0.1, 0.15) is 5.75 Å². The summed E-state index contributed by atoms with van der Waals surface area (Å²) in [4.78, 5) is 37.6. The number of methoxy groups -OCH3 is 1. The van der Waals surface area contributed by atoms with Gasteiger partial charge in [0.25, 0.3) is 5.91 Å². The van der Waals surface area contributed by atoms with Crippen molar-refractivity contribution in [2.24, 2.45) is 0 Å². The first-order chi connectivity index (χ1) is 14.9. The maximum absolute atomic E-state index is 12.8. The number of ketones is 1. The van der Waals surface area contributed by atoms with Crippen LogP contribution in [0.3, 0.4) is 0 Å². The number of anilines is 1. The molecule has 0 spiro atoms. The minimum atomic E-state index is -0.800. The Morgan fingerprint density at radius 1 is 0.871 bits per heavy atom. The molecule has 158 valence electrons. The van der Waals surface area contributed by atoms with Crippen LogP contribution in [-0.4, -0.2) is 31.4 Å². The van der Waals surface area contributed by atoms with Crippen LogP contribution in [0.25, 0.3) is 0 Å². The summed E-state index contributed by atoms with van der Waals surface area (Å²) in [7, 11) is 1.45. The second-order valence-corrected chi connectivity index (χ2v) is 7.22. The maximum atomic E-state index is 12.8. The molecule has 3 aromatic carbocycles. The molecule has 3 rings (SSSR count). The topological polar surface area (TPSA) is 81.7 Å². The predicted molar refractivity (Wildman–Crippen MR) is 118 cm³/mol. The van der Waals surface area contributed by atoms with E-state index in [2.05, 4.69) is 5.32 Å². The highest BCUT2D eigenvalue weighted by Crippen LogP contribution is 2.27. The molecular weight excluding hydrogens is 441 g/mol. The van der Waals surface area contributed by atoms with Crippen molar-refractivity contribution < 1.29 is 23.9 Å². The van der Waals surface area contributed by atoms with Crippen molar-refractivity contribution in [2.45, 2.75) is 0 Å². The van der Waals surface area contributed by atoms with Gasteiger partial charge in [0, 0.05) is 21.2 Å². The number of carbonyl (C=O) groups is 3. The van der Waals surface area contributed by atoms with Gasteiger partial charge in [0.05, 0.1) is 18.4 Å². The molecule has 0 saturated heterocycles. The standard InChI is InChI=1S/C23H17Cl2NO5/c1-30-20-11-10-16(25)12-19(20)26-21(27)13-31-23(29)18-5-3-2-4-17(18)22(28)14-6-8-15(24)9-7-14/h2-12H,13H2,1H3,(H,26,27). The van der Waals surface area contributed by atoms with Gasteiger partial charge in [-0.25, -0.2) is 4.79 Å². The number of ether oxygens (including phenoxy) is 2. The van der Waals surface area contributed by atoms with Crippen molar-refractivity contribution in [3.05, 3.63) is 93.5 Å². The highest BCUT2D eigenvalue weighted by molar-refractivity contribution is 6.31. The van der Waals surface area contributed by atoms with Gasteiger partial charge in [-0.3, -0.25) is 9.59 Å². The monoisotopic (exact) mass is 457 g/mol. The first-order valence-corrected chi connectivity index (χ1v) is 9.84. The highest BCUT2D eigenvalue weighted by atomic mass is 35.5. The summed E-state index contributed by atoms with van der Waals surface area (Å²) in [5.74, 6) is -1.35. The van der Waals surface area contributed by atoms with Crippen molar-refractivity contribution in [1.29, 1.82) is 0 Å². The largest absolute Gasteiger partial charge is 0.495 e. The number of benzene rings is 3. The molecule has 1 N–H and O–H groups in total. The summed E-state index contributed by atoms with van der Waals surface area (Å²) in [5.41, 5.74) is 0.923. The zero-order chi connectivity index (χ0) is 22.4. The number of nitrogens with one attached hydrogen (secondary N) is 1. The number of amides is 1. The van der Waals surface area contributed by atoms with Crippen LogP contribution in [0.2, 0.25) is 10.0 Å². The van der Waals surface area contributed by atoms with E-state index in [-0.39, 0.29) is 16.9 Å². The Hall–Kier alpha value is -3.35. The zero-order valence-electron chi connectivity index (χ0n) is 16.4. The molecule has 0 unspecified atom stereocenters. The van der Waals surface area contributed by atoms with Crippen molar-refractivity contribution >= 4 is 46.5 Å². The lowest BCUT2D eigenvalue weighted by atomic mass is 9.98. The average molecular weight is 458 g/mol. The third-order valence-electron chi connectivity index (χ3n) is 4.27. The Morgan fingerprint density at radius 2 is 1.52 bits per heavy atom. The first-order valence-electron chi connectivity index (χ1n) is 9.09. The lowest BCUT2D eigenvalue weighted by Gasteiger charge is -2.12. The molecule has 31 heavy (non-hydrogen) atoms. The van der Waals surface area contributed by atoms with E-state index in [1.165, 1.54) is 25.3 Å². The van der Waals surface area contributed by atoms with E-state index in [1.807, 2.05) is 0 Å². The number of rotatable bonds is 7. The summed E-state index contributed by atoms with van der Waals surface area (Å²) in [5, 5.41) is 3.47. The lowest BCUT2D eigenvalue weighted by molar-refractivity contribution is -0.119. The Bertz CT molecular complexity index is 1130. The maximum Gasteiger partial charge on any atom is 0.339 e. The normalized spacial score (nSPS) is 10.3. The van der Waals surface area contributed by atoms with Crippen molar-refractivity contribution in [2.75, 3.05) is 19.0 Å². The number of carbonyl (C=O) groups excluding carboxylic acids is 3. The fraction of sp³-hybridized carbons (Fsp3) is 0.0870. The first kappa shape index (κ1) is 22.3. The minimum Gasteiger partial charge on any atom is -0.495 e. The molecule has 0 fully saturated rings. The second kappa shape index (κ2) is 10.1. The van der Waals surface area contributed by atoms with Crippen LogP contribution in [0.1, 0.15) is 26.3 Å². The van der Waals surface area contributed by atoms with E-state index in [4.69, 9.17) is 32.7 Å². The number of hydrogen-bond donors (Lipinski definition) is 1. The van der Waals surface area contributed by atoms with Gasteiger partial charge in [-0.15, -0.1) is 0 Å². The van der Waals surface area contributed by atoms with Crippen LogP contribution in [0.15, 0.2) is 66.7 Å². The van der Waals surface area contributed by atoms with Gasteiger partial charge < -0.3 is 14.8 Å². The quantitative estimate of drug-likeness (QED) is 0.397. The van der Waals surface area contributed by atoms with Gasteiger partial charge in [-0.05, 0) is 48.5 Å². The van der Waals surface area contributed by atoms with Crippen molar-refractivity contribution in [3.8, 4) is 5.75 Å². The molecule has 0 bridgehead atoms. The van der Waals surface area contributed by atoms with Gasteiger partial charge in [0.15, 0.2) is 12.4 Å². The molecule has 0 heterocycles. The summed E-state index contributed by atoms with van der Waals surface area (Å²) in [6.45, 7) is -0.558. The minimum absolute atomic E-state index is 0.0515. The van der Waals surface area contributed by atoms with E-state index in [9.17, 15) is 14.4 Å². The smallest absolute Gasteiger partial charge is 0.339 e. The van der Waals surface area contributed by atoms with E-state index >= 15 is 0 Å². The Kier molecular flexibility index (Phi) is 7.28. The number of esters is 1. The van der Waals surface area contributed by atoms with Crippen molar-refractivity contribution in [3.63, 3.8) is 0 Å². The lowest BCUT2D eigenvalue weighted by Crippen LogP contribution is -2.22. The van der Waals surface area contributed by atoms with Crippen LogP contribution >= 0.6 is 23.2 Å². The molecule has 0 aliphatic heterocycles. The predicted octanol–water partition coefficient (Wildman–Crippen LogP) is 5.03. The van der Waals surface area contributed by atoms with E-state index in [0.29, 0.717) is 27.0 Å². The van der Waals surface area contributed by atoms with Crippen LogP contribution in [0.5, 0.6) is 5.75 Å². The highest BCUT2D eigenvalue weighted by Gasteiger charge is 2.20. The van der Waals surface area contributed by atoms with Crippen LogP contribution in [0, 0.1) is 0 Å². The van der Waals surface area contributed by atoms with E-state index < -0.39 is 18.5 Å². The van der Waals surface area contributed by atoms with Crippen LogP contribution in [0.4, 0.5) is 5.69 Å². The third-order valence-corrected chi connectivity index (χ3v) is 4.76. The fourth-order valence-corrected chi connectivity index (χ4v) is 3.09. The van der Waals surface area contributed by atoms with Gasteiger partial charge in [-0.2, -0.15) is 0 Å². The molecule has 3 aromatic rings. The van der Waals surface area contributed by atoms with E-state index in [0.717, 1.165) is 0 Å². The molecule has 0 saturated carbocycles. The summed E-state index contributed by atoms with van der Waals surface area (Å²) < 4.78 is 10.3. The molecule has 0 aliphatic carbocycles. The average Bonchev–Trinajstić information content (AvgIpc) is 2.77. The molecule has 0 radical (unpaired) electrons. The molecule has 0 atom stereocenters. The van der Waals surface area contributed by atoms with Crippen LogP contribution in [-0.2, 0) is 9.53 Å². The summed E-state index contributed by atoms with van der Waals surface area (Å²) in [6.07, 6.45) is 0. The van der Waals surface area contributed by atoms with Gasteiger partial charge in [-0.1, -0.05) is 41.4 Å². The molecule has 0 aromatic heterocycles. The molecule has 8 heteroatoms. The Labute approximate surface area is 188 Å². The van der Waals surface area contributed by atoms with E-state index in [1.54, 1.807) is 48.5 Å².